The minimum absolute atomic E-state index is 0.125. The van der Waals surface area contributed by atoms with Gasteiger partial charge in [0.1, 0.15) is 6.54 Å². The second-order valence-electron chi connectivity index (χ2n) is 6.67. The highest BCUT2D eigenvalue weighted by Gasteiger charge is 2.28. The predicted molar refractivity (Wildman–Crippen MR) is 117 cm³/mol. The first-order valence-electron chi connectivity index (χ1n) is 8.98. The highest BCUT2D eigenvalue weighted by molar-refractivity contribution is 7.92. The van der Waals surface area contributed by atoms with Gasteiger partial charge in [0.25, 0.3) is 10.0 Å². The second-order valence-corrected chi connectivity index (χ2v) is 8.97. The van der Waals surface area contributed by atoms with Crippen LogP contribution in [0.5, 0.6) is 0 Å². The molecule has 3 rings (SSSR count). The summed E-state index contributed by atoms with van der Waals surface area (Å²) in [5, 5.41) is 3.27. The number of hydrogen-bond donors (Lipinski definition) is 1. The molecule has 0 aliphatic heterocycles. The average Bonchev–Trinajstić information content (AvgIpc) is 2.70. The van der Waals surface area contributed by atoms with Crippen LogP contribution >= 0.6 is 11.6 Å². The lowest BCUT2D eigenvalue weighted by Gasteiger charge is -2.26. The lowest BCUT2D eigenvalue weighted by molar-refractivity contribution is -0.114. The van der Waals surface area contributed by atoms with Crippen molar-refractivity contribution in [3.8, 4) is 0 Å². The Hall–Kier alpha value is -2.83. The summed E-state index contributed by atoms with van der Waals surface area (Å²) in [6, 6.07) is 20.2. The van der Waals surface area contributed by atoms with Crippen molar-refractivity contribution >= 4 is 38.9 Å². The summed E-state index contributed by atoms with van der Waals surface area (Å²) in [6.45, 7) is 3.34. The first-order chi connectivity index (χ1) is 13.8. The van der Waals surface area contributed by atoms with Crippen LogP contribution in [0.2, 0.25) is 5.02 Å². The molecule has 7 heteroatoms. The average molecular weight is 429 g/mol. The number of carbonyl (C=O) groups excluding carboxylic acids is 1. The Morgan fingerprint density at radius 1 is 0.966 bits per heavy atom. The highest BCUT2D eigenvalue weighted by Crippen LogP contribution is 2.28. The number of rotatable bonds is 6. The van der Waals surface area contributed by atoms with Gasteiger partial charge in [0.05, 0.1) is 10.6 Å². The first-order valence-corrected chi connectivity index (χ1v) is 10.8. The monoisotopic (exact) mass is 428 g/mol. The number of amides is 1. The van der Waals surface area contributed by atoms with Gasteiger partial charge in [-0.05, 0) is 67.4 Å². The third-order valence-corrected chi connectivity index (χ3v) is 6.41. The number of carbonyl (C=O) groups is 1. The third-order valence-electron chi connectivity index (χ3n) is 4.38. The van der Waals surface area contributed by atoms with Crippen LogP contribution in [0.15, 0.2) is 77.7 Å². The van der Waals surface area contributed by atoms with Gasteiger partial charge >= 0.3 is 0 Å². The second kappa shape index (κ2) is 8.68. The predicted octanol–water partition coefficient (Wildman–Crippen LogP) is 4.79. The number of hydrogen-bond acceptors (Lipinski definition) is 3. The van der Waals surface area contributed by atoms with Crippen molar-refractivity contribution in [1.82, 2.24) is 0 Å². The van der Waals surface area contributed by atoms with Gasteiger partial charge in [0, 0.05) is 10.7 Å². The minimum Gasteiger partial charge on any atom is -0.325 e. The summed E-state index contributed by atoms with van der Waals surface area (Å²) in [5.74, 6) is -0.451. The van der Waals surface area contributed by atoms with E-state index in [4.69, 9.17) is 11.6 Å². The van der Waals surface area contributed by atoms with Gasteiger partial charge in [-0.25, -0.2) is 8.42 Å². The Morgan fingerprint density at radius 2 is 1.62 bits per heavy atom. The number of halogens is 1. The zero-order chi connectivity index (χ0) is 21.0. The van der Waals surface area contributed by atoms with Crippen LogP contribution in [0.1, 0.15) is 11.1 Å². The number of nitrogens with one attached hydrogen (secondary N) is 1. The zero-order valence-corrected chi connectivity index (χ0v) is 17.7. The van der Waals surface area contributed by atoms with Gasteiger partial charge in [0.2, 0.25) is 5.91 Å². The molecular weight excluding hydrogens is 408 g/mol. The molecule has 0 aliphatic rings. The van der Waals surface area contributed by atoms with E-state index in [-0.39, 0.29) is 11.4 Å². The first kappa shape index (κ1) is 20.9. The quantitative estimate of drug-likeness (QED) is 0.613. The van der Waals surface area contributed by atoms with E-state index in [1.54, 1.807) is 48.5 Å². The Morgan fingerprint density at radius 3 is 2.28 bits per heavy atom. The smallest absolute Gasteiger partial charge is 0.264 e. The standard InChI is InChI=1S/C22H21ClN2O3S/c1-16-8-9-17(2)21(14-16)25(29(27,28)20-6-4-3-5-7-20)15-22(26)24-19-12-10-18(23)11-13-19/h3-14H,15H2,1-2H3,(H,24,26). The van der Waals surface area contributed by atoms with Gasteiger partial charge in [0.15, 0.2) is 0 Å². The van der Waals surface area contributed by atoms with Gasteiger partial charge in [-0.1, -0.05) is 41.9 Å². The van der Waals surface area contributed by atoms with Gasteiger partial charge in [-0.2, -0.15) is 0 Å². The SMILES string of the molecule is Cc1ccc(C)c(N(CC(=O)Nc2ccc(Cl)cc2)S(=O)(=O)c2ccccc2)c1. The Kier molecular flexibility index (Phi) is 6.25. The minimum atomic E-state index is -3.94. The zero-order valence-electron chi connectivity index (χ0n) is 16.1. The van der Waals surface area contributed by atoms with E-state index in [1.165, 1.54) is 12.1 Å². The van der Waals surface area contributed by atoms with Crippen molar-refractivity contribution in [3.63, 3.8) is 0 Å². The van der Waals surface area contributed by atoms with Crippen LogP contribution in [0, 0.1) is 13.8 Å². The van der Waals surface area contributed by atoms with Crippen molar-refractivity contribution in [2.45, 2.75) is 18.7 Å². The summed E-state index contributed by atoms with van der Waals surface area (Å²) >= 11 is 5.87. The Labute approximate surface area is 176 Å². The maximum Gasteiger partial charge on any atom is 0.264 e. The maximum absolute atomic E-state index is 13.4. The van der Waals surface area contributed by atoms with E-state index in [1.807, 2.05) is 26.0 Å². The van der Waals surface area contributed by atoms with Crippen LogP contribution < -0.4 is 9.62 Å². The summed E-state index contributed by atoms with van der Waals surface area (Å²) < 4.78 is 27.9. The molecule has 0 atom stereocenters. The highest BCUT2D eigenvalue weighted by atomic mass is 35.5. The van der Waals surface area contributed by atoms with E-state index in [0.29, 0.717) is 16.4 Å². The molecule has 1 N–H and O–H groups in total. The number of aryl methyl sites for hydroxylation is 2. The molecule has 150 valence electrons. The van der Waals surface area contributed by atoms with Crippen molar-refractivity contribution in [2.24, 2.45) is 0 Å². The third kappa shape index (κ3) is 4.96. The van der Waals surface area contributed by atoms with Crippen LogP contribution in [-0.4, -0.2) is 20.9 Å². The summed E-state index contributed by atoms with van der Waals surface area (Å²) in [5.41, 5.74) is 2.67. The normalized spacial score (nSPS) is 11.1. The number of benzene rings is 3. The number of anilines is 2. The number of sulfonamides is 1. The fraction of sp³-hybridized carbons (Fsp3) is 0.136. The summed E-state index contributed by atoms with van der Waals surface area (Å²) in [4.78, 5) is 12.8. The fourth-order valence-electron chi connectivity index (χ4n) is 2.87. The van der Waals surface area contributed by atoms with E-state index < -0.39 is 15.9 Å². The van der Waals surface area contributed by atoms with E-state index in [0.717, 1.165) is 15.4 Å². The molecule has 3 aromatic rings. The molecule has 0 saturated heterocycles. The van der Waals surface area contributed by atoms with Crippen molar-refractivity contribution < 1.29 is 13.2 Å². The van der Waals surface area contributed by atoms with Crippen LogP contribution in [0.25, 0.3) is 0 Å². The fourth-order valence-corrected chi connectivity index (χ4v) is 4.50. The molecule has 3 aromatic carbocycles. The molecule has 0 spiro atoms. The molecule has 0 aliphatic carbocycles. The van der Waals surface area contributed by atoms with Crippen LogP contribution in [0.4, 0.5) is 11.4 Å². The van der Waals surface area contributed by atoms with E-state index in [2.05, 4.69) is 5.32 Å². The topological polar surface area (TPSA) is 66.5 Å². The molecule has 0 aromatic heterocycles. The molecule has 0 bridgehead atoms. The molecule has 29 heavy (non-hydrogen) atoms. The Balaban J connectivity index is 1.98. The lowest BCUT2D eigenvalue weighted by atomic mass is 10.1. The van der Waals surface area contributed by atoms with Gasteiger partial charge in [-0.3, -0.25) is 9.10 Å². The largest absolute Gasteiger partial charge is 0.325 e. The lowest BCUT2D eigenvalue weighted by Crippen LogP contribution is -2.38. The number of nitrogens with zero attached hydrogens (tertiary/aromatic N) is 1. The van der Waals surface area contributed by atoms with Crippen LogP contribution in [0.3, 0.4) is 0 Å². The molecule has 0 saturated carbocycles. The molecule has 0 heterocycles. The van der Waals surface area contributed by atoms with E-state index in [9.17, 15) is 13.2 Å². The summed E-state index contributed by atoms with van der Waals surface area (Å²) in [7, 11) is -3.94. The molecule has 5 nitrogen and oxygen atoms in total. The van der Waals surface area contributed by atoms with Crippen molar-refractivity contribution in [1.29, 1.82) is 0 Å². The van der Waals surface area contributed by atoms with Gasteiger partial charge < -0.3 is 5.32 Å². The molecule has 0 unspecified atom stereocenters. The molecule has 0 fully saturated rings. The Bertz CT molecular complexity index is 1110. The van der Waals surface area contributed by atoms with Gasteiger partial charge in [-0.15, -0.1) is 0 Å². The molecule has 0 radical (unpaired) electrons. The van der Waals surface area contributed by atoms with Crippen molar-refractivity contribution in [2.75, 3.05) is 16.2 Å². The molecular formula is C22H21ClN2O3S. The maximum atomic E-state index is 13.4. The van der Waals surface area contributed by atoms with E-state index >= 15 is 0 Å². The van der Waals surface area contributed by atoms with Crippen LogP contribution in [-0.2, 0) is 14.8 Å². The van der Waals surface area contributed by atoms with Crippen molar-refractivity contribution in [3.05, 3.63) is 88.9 Å². The molecule has 1 amide bonds. The summed E-state index contributed by atoms with van der Waals surface area (Å²) in [6.07, 6.45) is 0.